The smallest absolute Gasteiger partial charge is 0.252 e. The minimum atomic E-state index is -3.48. The molecule has 0 spiro atoms. The lowest BCUT2D eigenvalue weighted by atomic mass is 10.1. The molecule has 8 heteroatoms. The van der Waals surface area contributed by atoms with Crippen LogP contribution < -0.4 is 0 Å². The summed E-state index contributed by atoms with van der Waals surface area (Å²) < 4.78 is 26.2. The first-order chi connectivity index (χ1) is 9.39. The van der Waals surface area contributed by atoms with Gasteiger partial charge in [0.1, 0.15) is 4.21 Å². The maximum absolute atomic E-state index is 12.3. The molecule has 1 aromatic heterocycles. The van der Waals surface area contributed by atoms with Crippen molar-refractivity contribution in [1.82, 2.24) is 9.21 Å². The SMILES string of the molecule is Cc1ccc(S(=O)(=O)N2CC(N3C(=O)CCC3=O)C2)s1. The molecule has 2 fully saturated rings. The molecule has 0 bridgehead atoms. The Morgan fingerprint density at radius 3 is 2.25 bits per heavy atom. The van der Waals surface area contributed by atoms with Crippen molar-refractivity contribution in [3.63, 3.8) is 0 Å². The number of likely N-dealkylation sites (tertiary alicyclic amines) is 1. The first kappa shape index (κ1) is 13.7. The molecule has 2 amide bonds. The van der Waals surface area contributed by atoms with Crippen molar-refractivity contribution in [3.05, 3.63) is 17.0 Å². The van der Waals surface area contributed by atoms with Crippen molar-refractivity contribution in [1.29, 1.82) is 0 Å². The molecule has 108 valence electrons. The molecular formula is C12H14N2O4S2. The summed E-state index contributed by atoms with van der Waals surface area (Å²) in [6.45, 7) is 2.26. The summed E-state index contributed by atoms with van der Waals surface area (Å²) in [6, 6.07) is 3.06. The Hall–Kier alpha value is -1.25. The number of amides is 2. The molecule has 0 radical (unpaired) electrons. The number of rotatable bonds is 3. The van der Waals surface area contributed by atoms with Gasteiger partial charge in [-0.3, -0.25) is 14.5 Å². The van der Waals surface area contributed by atoms with Crippen LogP contribution in [0.1, 0.15) is 17.7 Å². The largest absolute Gasteiger partial charge is 0.277 e. The van der Waals surface area contributed by atoms with E-state index in [-0.39, 0.29) is 43.8 Å². The average Bonchev–Trinajstić information content (AvgIpc) is 2.88. The van der Waals surface area contributed by atoms with E-state index in [2.05, 4.69) is 0 Å². The topological polar surface area (TPSA) is 74.8 Å². The van der Waals surface area contributed by atoms with E-state index in [4.69, 9.17) is 0 Å². The van der Waals surface area contributed by atoms with Crippen LogP contribution in [-0.4, -0.2) is 48.6 Å². The van der Waals surface area contributed by atoms with Crippen LogP contribution in [0.15, 0.2) is 16.3 Å². The highest BCUT2D eigenvalue weighted by Gasteiger charge is 2.45. The summed E-state index contributed by atoms with van der Waals surface area (Å²) >= 11 is 1.23. The number of hydrogen-bond donors (Lipinski definition) is 0. The molecule has 20 heavy (non-hydrogen) atoms. The second-order valence-electron chi connectivity index (χ2n) is 5.00. The zero-order valence-electron chi connectivity index (χ0n) is 10.9. The number of carbonyl (C=O) groups excluding carboxylic acids is 2. The third kappa shape index (κ3) is 2.07. The Morgan fingerprint density at radius 2 is 1.75 bits per heavy atom. The van der Waals surface area contributed by atoms with Gasteiger partial charge in [0.05, 0.1) is 6.04 Å². The second-order valence-corrected chi connectivity index (χ2v) is 8.45. The number of nitrogens with zero attached hydrogens (tertiary/aromatic N) is 2. The van der Waals surface area contributed by atoms with E-state index in [1.807, 2.05) is 6.92 Å². The summed E-state index contributed by atoms with van der Waals surface area (Å²) in [5.41, 5.74) is 0. The molecular weight excluding hydrogens is 300 g/mol. The lowest BCUT2D eigenvalue weighted by Gasteiger charge is -2.41. The number of sulfonamides is 1. The Labute approximate surface area is 121 Å². The Balaban J connectivity index is 1.71. The molecule has 3 rings (SSSR count). The molecule has 0 N–H and O–H groups in total. The van der Waals surface area contributed by atoms with Crippen LogP contribution in [-0.2, 0) is 19.6 Å². The van der Waals surface area contributed by atoms with Gasteiger partial charge in [-0.1, -0.05) is 0 Å². The van der Waals surface area contributed by atoms with Crippen LogP contribution in [0.2, 0.25) is 0 Å². The standard InChI is InChI=1S/C12H14N2O4S2/c1-8-2-5-12(19-8)20(17,18)13-6-9(7-13)14-10(15)3-4-11(14)16/h2,5,9H,3-4,6-7H2,1H3. The fraction of sp³-hybridized carbons (Fsp3) is 0.500. The van der Waals surface area contributed by atoms with E-state index in [0.717, 1.165) is 4.88 Å². The molecule has 0 saturated carbocycles. The lowest BCUT2D eigenvalue weighted by Crippen LogP contribution is -2.61. The van der Waals surface area contributed by atoms with E-state index >= 15 is 0 Å². The molecule has 6 nitrogen and oxygen atoms in total. The highest BCUT2D eigenvalue weighted by molar-refractivity contribution is 7.91. The van der Waals surface area contributed by atoms with Crippen LogP contribution in [0, 0.1) is 6.92 Å². The van der Waals surface area contributed by atoms with Gasteiger partial charge in [-0.05, 0) is 19.1 Å². The molecule has 1 aromatic rings. The van der Waals surface area contributed by atoms with Gasteiger partial charge >= 0.3 is 0 Å². The van der Waals surface area contributed by atoms with Crippen LogP contribution in [0.3, 0.4) is 0 Å². The second kappa shape index (κ2) is 4.64. The molecule has 0 aliphatic carbocycles. The summed E-state index contributed by atoms with van der Waals surface area (Å²) in [6.07, 6.45) is 0.485. The predicted octanol–water partition coefficient (Wildman–Crippen LogP) is 0.578. The summed E-state index contributed by atoms with van der Waals surface area (Å²) in [5, 5.41) is 0. The van der Waals surface area contributed by atoms with Gasteiger partial charge in [0.15, 0.2) is 0 Å². The van der Waals surface area contributed by atoms with E-state index in [1.165, 1.54) is 20.5 Å². The fourth-order valence-corrected chi connectivity index (χ4v) is 5.41. The quantitative estimate of drug-likeness (QED) is 0.765. The van der Waals surface area contributed by atoms with E-state index in [0.29, 0.717) is 4.21 Å². The monoisotopic (exact) mass is 314 g/mol. The van der Waals surface area contributed by atoms with Crippen LogP contribution in [0.5, 0.6) is 0 Å². The number of thiophene rings is 1. The minimum Gasteiger partial charge on any atom is -0.277 e. The van der Waals surface area contributed by atoms with Crippen LogP contribution >= 0.6 is 11.3 Å². The van der Waals surface area contributed by atoms with E-state index in [1.54, 1.807) is 12.1 Å². The van der Waals surface area contributed by atoms with Crippen molar-refractivity contribution in [2.45, 2.75) is 30.0 Å². The normalized spacial score (nSPS) is 21.6. The van der Waals surface area contributed by atoms with E-state index < -0.39 is 10.0 Å². The van der Waals surface area contributed by atoms with Crippen molar-refractivity contribution in [2.75, 3.05) is 13.1 Å². The van der Waals surface area contributed by atoms with Crippen molar-refractivity contribution < 1.29 is 18.0 Å². The molecule has 2 aliphatic heterocycles. The fourth-order valence-electron chi connectivity index (χ4n) is 2.46. The average molecular weight is 314 g/mol. The maximum atomic E-state index is 12.3. The lowest BCUT2D eigenvalue weighted by molar-refractivity contribution is -0.143. The van der Waals surface area contributed by atoms with Gasteiger partial charge in [-0.15, -0.1) is 11.3 Å². The van der Waals surface area contributed by atoms with Gasteiger partial charge in [0, 0.05) is 30.8 Å². The molecule has 0 aromatic carbocycles. The minimum absolute atomic E-state index is 0.191. The molecule has 0 atom stereocenters. The maximum Gasteiger partial charge on any atom is 0.252 e. The molecule has 2 saturated heterocycles. The molecule has 2 aliphatic rings. The zero-order valence-corrected chi connectivity index (χ0v) is 12.5. The zero-order chi connectivity index (χ0) is 14.5. The van der Waals surface area contributed by atoms with Crippen molar-refractivity contribution in [2.24, 2.45) is 0 Å². The third-order valence-corrected chi connectivity index (χ3v) is 6.89. The Morgan fingerprint density at radius 1 is 1.15 bits per heavy atom. The van der Waals surface area contributed by atoms with E-state index in [9.17, 15) is 18.0 Å². The number of hydrogen-bond acceptors (Lipinski definition) is 5. The predicted molar refractivity (Wildman–Crippen MR) is 72.7 cm³/mol. The Bertz CT molecular complexity index is 657. The summed E-state index contributed by atoms with van der Waals surface area (Å²) in [5.74, 6) is -0.381. The van der Waals surface area contributed by atoms with Crippen LogP contribution in [0.4, 0.5) is 0 Å². The Kier molecular flexibility index (Phi) is 3.19. The highest BCUT2D eigenvalue weighted by Crippen LogP contribution is 2.30. The number of carbonyl (C=O) groups is 2. The third-order valence-electron chi connectivity index (χ3n) is 3.59. The molecule has 0 unspecified atom stereocenters. The van der Waals surface area contributed by atoms with Gasteiger partial charge in [-0.2, -0.15) is 4.31 Å². The van der Waals surface area contributed by atoms with Gasteiger partial charge in [0.25, 0.3) is 10.0 Å². The highest BCUT2D eigenvalue weighted by atomic mass is 32.2. The number of imide groups is 1. The van der Waals surface area contributed by atoms with Gasteiger partial charge < -0.3 is 0 Å². The number of aryl methyl sites for hydroxylation is 1. The first-order valence-electron chi connectivity index (χ1n) is 6.31. The molecule has 3 heterocycles. The summed E-state index contributed by atoms with van der Waals surface area (Å²) in [7, 11) is -3.48. The van der Waals surface area contributed by atoms with Gasteiger partial charge in [0.2, 0.25) is 11.8 Å². The van der Waals surface area contributed by atoms with Crippen molar-refractivity contribution >= 4 is 33.2 Å². The van der Waals surface area contributed by atoms with Crippen LogP contribution in [0.25, 0.3) is 0 Å². The van der Waals surface area contributed by atoms with Crippen molar-refractivity contribution in [3.8, 4) is 0 Å². The first-order valence-corrected chi connectivity index (χ1v) is 8.57. The van der Waals surface area contributed by atoms with Gasteiger partial charge in [-0.25, -0.2) is 8.42 Å². The summed E-state index contributed by atoms with van der Waals surface area (Å²) in [4.78, 5) is 25.3.